The molecule has 0 aliphatic heterocycles. The number of benzene rings is 1. The molecule has 7 heteroatoms. The number of rotatable bonds is 8. The summed E-state index contributed by atoms with van der Waals surface area (Å²) in [7, 11) is 0. The first-order valence-electron chi connectivity index (χ1n) is 9.19. The molecule has 2 fully saturated rings. The molecule has 0 atom stereocenters. The Labute approximate surface area is 171 Å². The summed E-state index contributed by atoms with van der Waals surface area (Å²) in [6.07, 6.45) is 4.12. The molecular formula is C19H28FIN4O. The molecule has 0 aromatic heterocycles. The number of nitrogens with one attached hydrogen (secondary N) is 3. The lowest BCUT2D eigenvalue weighted by Gasteiger charge is -2.16. The Hall–Kier alpha value is -1.38. The second-order valence-corrected chi connectivity index (χ2v) is 6.98. The zero-order valence-corrected chi connectivity index (χ0v) is 17.5. The van der Waals surface area contributed by atoms with Crippen LogP contribution in [-0.2, 0) is 10.2 Å². The standard InChI is InChI=1S/C19H27FN4O.HI/c1-2-21-18(23-11-10-22-17(25)14-6-7-14)24-13-19(8-9-19)15-4-3-5-16(20)12-15;/h3-5,12,14H,2,6-11,13H2,1H3,(H,22,25)(H2,21,23,24);1H. The third-order valence-electron chi connectivity index (χ3n) is 4.84. The number of carbonyl (C=O) groups excluding carboxylic acids is 1. The van der Waals surface area contributed by atoms with Gasteiger partial charge >= 0.3 is 0 Å². The van der Waals surface area contributed by atoms with Crippen LogP contribution in [0.2, 0.25) is 0 Å². The van der Waals surface area contributed by atoms with Crippen molar-refractivity contribution in [3.63, 3.8) is 0 Å². The van der Waals surface area contributed by atoms with E-state index in [1.54, 1.807) is 12.1 Å². The highest BCUT2D eigenvalue weighted by Gasteiger charge is 2.44. The van der Waals surface area contributed by atoms with Gasteiger partial charge in [-0.1, -0.05) is 12.1 Å². The molecule has 0 radical (unpaired) electrons. The van der Waals surface area contributed by atoms with Crippen LogP contribution in [0.25, 0.3) is 0 Å². The van der Waals surface area contributed by atoms with Gasteiger partial charge in [0.2, 0.25) is 5.91 Å². The van der Waals surface area contributed by atoms with Crippen molar-refractivity contribution in [1.82, 2.24) is 16.0 Å². The van der Waals surface area contributed by atoms with E-state index < -0.39 is 0 Å². The molecule has 2 aliphatic carbocycles. The van der Waals surface area contributed by atoms with Crippen LogP contribution >= 0.6 is 24.0 Å². The minimum atomic E-state index is -0.191. The Kier molecular flexibility index (Phi) is 7.67. The molecule has 1 aromatic carbocycles. The third-order valence-corrected chi connectivity index (χ3v) is 4.84. The molecule has 0 heterocycles. The van der Waals surface area contributed by atoms with Crippen molar-refractivity contribution >= 4 is 35.8 Å². The molecule has 144 valence electrons. The quantitative estimate of drug-likeness (QED) is 0.235. The zero-order valence-electron chi connectivity index (χ0n) is 15.2. The van der Waals surface area contributed by atoms with Crippen LogP contribution < -0.4 is 16.0 Å². The number of amides is 1. The van der Waals surface area contributed by atoms with Gasteiger partial charge in [-0.05, 0) is 50.3 Å². The van der Waals surface area contributed by atoms with Gasteiger partial charge in [0.1, 0.15) is 5.82 Å². The molecule has 0 unspecified atom stereocenters. The summed E-state index contributed by atoms with van der Waals surface area (Å²) in [4.78, 5) is 16.3. The fraction of sp³-hybridized carbons (Fsp3) is 0.579. The highest BCUT2D eigenvalue weighted by Crippen LogP contribution is 2.48. The minimum Gasteiger partial charge on any atom is -0.357 e. The largest absolute Gasteiger partial charge is 0.357 e. The Morgan fingerprint density at radius 1 is 1.23 bits per heavy atom. The molecule has 3 rings (SSSR count). The Morgan fingerprint density at radius 2 is 1.96 bits per heavy atom. The number of aliphatic imine (C=N–C) groups is 1. The van der Waals surface area contributed by atoms with Gasteiger partial charge < -0.3 is 16.0 Å². The summed E-state index contributed by atoms with van der Waals surface area (Å²) in [6.45, 7) is 4.66. The van der Waals surface area contributed by atoms with Crippen LogP contribution in [0.15, 0.2) is 29.3 Å². The van der Waals surface area contributed by atoms with Gasteiger partial charge in [-0.2, -0.15) is 0 Å². The highest BCUT2D eigenvalue weighted by molar-refractivity contribution is 14.0. The maximum absolute atomic E-state index is 13.5. The average Bonchev–Trinajstić information content (AvgIpc) is 3.49. The van der Waals surface area contributed by atoms with E-state index in [9.17, 15) is 9.18 Å². The van der Waals surface area contributed by atoms with Crippen molar-refractivity contribution in [2.24, 2.45) is 10.9 Å². The minimum absolute atomic E-state index is 0. The van der Waals surface area contributed by atoms with Crippen LogP contribution in [-0.4, -0.2) is 38.0 Å². The number of hydrogen-bond donors (Lipinski definition) is 3. The molecule has 3 N–H and O–H groups in total. The zero-order chi connectivity index (χ0) is 17.7. The number of hydrogen-bond acceptors (Lipinski definition) is 2. The highest BCUT2D eigenvalue weighted by atomic mass is 127. The van der Waals surface area contributed by atoms with Gasteiger partial charge in [0, 0.05) is 31.0 Å². The second kappa shape index (κ2) is 9.53. The van der Waals surface area contributed by atoms with Crippen molar-refractivity contribution in [2.75, 3.05) is 26.2 Å². The molecule has 5 nitrogen and oxygen atoms in total. The molecule has 26 heavy (non-hydrogen) atoms. The molecule has 1 aromatic rings. The van der Waals surface area contributed by atoms with E-state index >= 15 is 0 Å². The first-order valence-corrected chi connectivity index (χ1v) is 9.19. The summed E-state index contributed by atoms with van der Waals surface area (Å²) < 4.78 is 13.5. The molecule has 0 bridgehead atoms. The third kappa shape index (κ3) is 5.82. The Morgan fingerprint density at radius 3 is 2.58 bits per heavy atom. The summed E-state index contributed by atoms with van der Waals surface area (Å²) in [6, 6.07) is 6.85. The van der Waals surface area contributed by atoms with Crippen LogP contribution in [0.5, 0.6) is 0 Å². The first-order chi connectivity index (χ1) is 12.1. The predicted molar refractivity (Wildman–Crippen MR) is 112 cm³/mol. The first kappa shape index (κ1) is 20.9. The summed E-state index contributed by atoms with van der Waals surface area (Å²) in [5, 5.41) is 9.40. The summed E-state index contributed by atoms with van der Waals surface area (Å²) >= 11 is 0. The summed E-state index contributed by atoms with van der Waals surface area (Å²) in [5.74, 6) is 0.949. The number of guanidine groups is 1. The van der Waals surface area contributed by atoms with Gasteiger partial charge in [-0.25, -0.2) is 4.39 Å². The molecule has 1 amide bonds. The SMILES string of the molecule is CCNC(=NCC1(c2cccc(F)c2)CC1)NCCNC(=O)C1CC1.I. The van der Waals surface area contributed by atoms with E-state index in [1.807, 2.05) is 13.0 Å². The number of halogens is 2. The van der Waals surface area contributed by atoms with Gasteiger partial charge in [-0.15, -0.1) is 24.0 Å². The molecule has 2 aliphatic rings. The normalized spacial score (nSPS) is 17.8. The lowest BCUT2D eigenvalue weighted by molar-refractivity contribution is -0.122. The summed E-state index contributed by atoms with van der Waals surface area (Å²) in [5.41, 5.74) is 1.01. The fourth-order valence-electron chi connectivity index (χ4n) is 2.94. The van der Waals surface area contributed by atoms with Crippen LogP contribution in [0.3, 0.4) is 0 Å². The molecular weight excluding hydrogens is 446 g/mol. The maximum Gasteiger partial charge on any atom is 0.223 e. The van der Waals surface area contributed by atoms with E-state index in [1.165, 1.54) is 6.07 Å². The van der Waals surface area contributed by atoms with Crippen molar-refractivity contribution in [1.29, 1.82) is 0 Å². The van der Waals surface area contributed by atoms with Gasteiger partial charge in [-0.3, -0.25) is 9.79 Å². The van der Waals surface area contributed by atoms with E-state index in [4.69, 9.17) is 0 Å². The van der Waals surface area contributed by atoms with Crippen LogP contribution in [0, 0.1) is 11.7 Å². The van der Waals surface area contributed by atoms with Crippen LogP contribution in [0.4, 0.5) is 4.39 Å². The molecule has 0 spiro atoms. The average molecular weight is 474 g/mol. The van der Waals surface area contributed by atoms with Crippen molar-refractivity contribution in [3.05, 3.63) is 35.6 Å². The maximum atomic E-state index is 13.5. The lowest BCUT2D eigenvalue weighted by atomic mass is 9.96. The number of carbonyl (C=O) groups is 1. The molecule has 2 saturated carbocycles. The topological polar surface area (TPSA) is 65.5 Å². The monoisotopic (exact) mass is 474 g/mol. The van der Waals surface area contributed by atoms with Gasteiger partial charge in [0.15, 0.2) is 5.96 Å². The van der Waals surface area contributed by atoms with Crippen molar-refractivity contribution in [2.45, 2.75) is 38.0 Å². The van der Waals surface area contributed by atoms with E-state index in [-0.39, 0.29) is 47.0 Å². The van der Waals surface area contributed by atoms with E-state index in [2.05, 4.69) is 20.9 Å². The van der Waals surface area contributed by atoms with Gasteiger partial charge in [0.05, 0.1) is 6.54 Å². The van der Waals surface area contributed by atoms with Gasteiger partial charge in [0.25, 0.3) is 0 Å². The Bertz CT molecular complexity index is 644. The molecule has 0 saturated heterocycles. The smallest absolute Gasteiger partial charge is 0.223 e. The second-order valence-electron chi connectivity index (χ2n) is 6.98. The number of nitrogens with zero attached hydrogens (tertiary/aromatic N) is 1. The van der Waals surface area contributed by atoms with E-state index in [0.29, 0.717) is 19.6 Å². The van der Waals surface area contributed by atoms with Crippen molar-refractivity contribution in [3.8, 4) is 0 Å². The predicted octanol–water partition coefficient (Wildman–Crippen LogP) is 2.56. The van der Waals surface area contributed by atoms with Crippen LogP contribution in [0.1, 0.15) is 38.2 Å². The fourth-order valence-corrected chi connectivity index (χ4v) is 2.94. The van der Waals surface area contributed by atoms with Crippen molar-refractivity contribution < 1.29 is 9.18 Å². The Balaban J connectivity index is 0.00000243. The van der Waals surface area contributed by atoms with E-state index in [0.717, 1.165) is 43.8 Å². The lowest BCUT2D eigenvalue weighted by Crippen LogP contribution is -2.42.